The Labute approximate surface area is 146 Å². The number of nitrogens with one attached hydrogen (secondary N) is 2. The number of rotatable bonds is 5. The van der Waals surface area contributed by atoms with E-state index >= 15 is 0 Å². The van der Waals surface area contributed by atoms with Crippen LogP contribution in [0.4, 0.5) is 10.5 Å². The molecule has 0 atom stereocenters. The predicted octanol–water partition coefficient (Wildman–Crippen LogP) is 3.51. The number of aryl methyl sites for hydroxylation is 1. The molecule has 1 heterocycles. The van der Waals surface area contributed by atoms with Gasteiger partial charge in [-0.2, -0.15) is 0 Å². The van der Waals surface area contributed by atoms with E-state index in [9.17, 15) is 4.79 Å². The fraction of sp³-hybridized carbons (Fsp3) is 0.158. The monoisotopic (exact) mass is 336 g/mol. The molecule has 6 nitrogen and oxygen atoms in total. The van der Waals surface area contributed by atoms with Crippen LogP contribution in [0.2, 0.25) is 0 Å². The molecule has 6 heteroatoms. The molecule has 2 amide bonds. The van der Waals surface area contributed by atoms with Crippen molar-refractivity contribution < 1.29 is 9.53 Å². The smallest absolute Gasteiger partial charge is 0.319 e. The first-order chi connectivity index (χ1) is 12.2. The van der Waals surface area contributed by atoms with E-state index in [1.54, 1.807) is 25.4 Å². The molecule has 2 aromatic carbocycles. The fourth-order valence-corrected chi connectivity index (χ4v) is 2.52. The minimum atomic E-state index is -0.279. The third-order valence-corrected chi connectivity index (χ3v) is 3.85. The Hall–Kier alpha value is -3.28. The highest BCUT2D eigenvalue weighted by molar-refractivity contribution is 5.90. The van der Waals surface area contributed by atoms with Crippen molar-refractivity contribution in [1.29, 1.82) is 0 Å². The maximum Gasteiger partial charge on any atom is 0.319 e. The lowest BCUT2D eigenvalue weighted by molar-refractivity contribution is 0.251. The molecule has 0 saturated carbocycles. The van der Waals surface area contributed by atoms with Crippen molar-refractivity contribution in [3.8, 4) is 11.4 Å². The highest BCUT2D eigenvalue weighted by atomic mass is 16.5. The van der Waals surface area contributed by atoms with E-state index in [4.69, 9.17) is 4.74 Å². The van der Waals surface area contributed by atoms with Crippen molar-refractivity contribution >= 4 is 11.7 Å². The zero-order valence-corrected chi connectivity index (χ0v) is 14.2. The van der Waals surface area contributed by atoms with Crippen LogP contribution in [0.1, 0.15) is 11.4 Å². The van der Waals surface area contributed by atoms with Crippen LogP contribution in [-0.4, -0.2) is 22.7 Å². The molecular formula is C19H20N4O2. The third kappa shape index (κ3) is 3.98. The summed E-state index contributed by atoms with van der Waals surface area (Å²) >= 11 is 0. The Kier molecular flexibility index (Phi) is 4.99. The Balaban J connectivity index is 1.58. The average molecular weight is 336 g/mol. The van der Waals surface area contributed by atoms with Gasteiger partial charge in [0.1, 0.15) is 11.6 Å². The summed E-state index contributed by atoms with van der Waals surface area (Å²) in [6.07, 6.45) is 3.69. The van der Waals surface area contributed by atoms with Gasteiger partial charge >= 0.3 is 6.03 Å². The standard InChI is InChI=1S/C19H20N4O2/c1-14-20-11-12-23(14)16-9-7-15(8-10-16)13-21-19(24)22-17-5-3-4-6-18(17)25-2/h3-12H,13H2,1-2H3,(H2,21,22,24). The number of carbonyl (C=O) groups is 1. The molecule has 2 N–H and O–H groups in total. The molecule has 1 aromatic heterocycles. The van der Waals surface area contributed by atoms with Crippen LogP contribution in [0.3, 0.4) is 0 Å². The van der Waals surface area contributed by atoms with Crippen LogP contribution in [0.5, 0.6) is 5.75 Å². The van der Waals surface area contributed by atoms with Gasteiger partial charge in [0.2, 0.25) is 0 Å². The number of hydrogen-bond acceptors (Lipinski definition) is 3. The number of urea groups is 1. The van der Waals surface area contributed by atoms with E-state index in [2.05, 4.69) is 15.6 Å². The molecule has 0 aliphatic heterocycles. The number of imidazole rings is 1. The number of aromatic nitrogens is 2. The van der Waals surface area contributed by atoms with Gasteiger partial charge in [-0.15, -0.1) is 0 Å². The zero-order valence-electron chi connectivity index (χ0n) is 14.2. The summed E-state index contributed by atoms with van der Waals surface area (Å²) in [5.41, 5.74) is 2.68. The first-order valence-corrected chi connectivity index (χ1v) is 7.94. The van der Waals surface area contributed by atoms with E-state index in [0.29, 0.717) is 18.0 Å². The molecule has 0 bridgehead atoms. The van der Waals surface area contributed by atoms with Crippen LogP contribution < -0.4 is 15.4 Å². The van der Waals surface area contributed by atoms with Gasteiger partial charge in [0.25, 0.3) is 0 Å². The largest absolute Gasteiger partial charge is 0.495 e. The van der Waals surface area contributed by atoms with Crippen LogP contribution in [0, 0.1) is 6.92 Å². The number of hydrogen-bond donors (Lipinski definition) is 2. The van der Waals surface area contributed by atoms with Crippen molar-refractivity contribution in [2.24, 2.45) is 0 Å². The van der Waals surface area contributed by atoms with Crippen LogP contribution in [-0.2, 0) is 6.54 Å². The first-order valence-electron chi connectivity index (χ1n) is 7.94. The lowest BCUT2D eigenvalue weighted by Gasteiger charge is -2.11. The number of amides is 2. The van der Waals surface area contributed by atoms with Crippen molar-refractivity contribution in [3.63, 3.8) is 0 Å². The van der Waals surface area contributed by atoms with Crippen LogP contribution >= 0.6 is 0 Å². The van der Waals surface area contributed by atoms with Gasteiger partial charge in [-0.05, 0) is 36.8 Å². The lowest BCUT2D eigenvalue weighted by Crippen LogP contribution is -2.28. The molecular weight excluding hydrogens is 316 g/mol. The number of methoxy groups -OCH3 is 1. The summed E-state index contributed by atoms with van der Waals surface area (Å²) in [5, 5.41) is 5.63. The topological polar surface area (TPSA) is 68.2 Å². The summed E-state index contributed by atoms with van der Waals surface area (Å²) in [7, 11) is 1.57. The number of ether oxygens (including phenoxy) is 1. The zero-order chi connectivity index (χ0) is 17.6. The summed E-state index contributed by atoms with van der Waals surface area (Å²) < 4.78 is 7.22. The van der Waals surface area contributed by atoms with Crippen LogP contribution in [0.15, 0.2) is 60.9 Å². The van der Waals surface area contributed by atoms with E-state index in [1.807, 2.05) is 54.1 Å². The molecule has 0 unspecified atom stereocenters. The Bertz CT molecular complexity index is 856. The van der Waals surface area contributed by atoms with Gasteiger partial charge < -0.3 is 19.9 Å². The molecule has 3 rings (SSSR count). The van der Waals surface area contributed by atoms with E-state index < -0.39 is 0 Å². The van der Waals surface area contributed by atoms with Crippen molar-refractivity contribution in [3.05, 3.63) is 72.3 Å². The maximum absolute atomic E-state index is 12.1. The molecule has 0 aliphatic carbocycles. The Morgan fingerprint density at radius 3 is 2.60 bits per heavy atom. The quantitative estimate of drug-likeness (QED) is 0.749. The molecule has 25 heavy (non-hydrogen) atoms. The summed E-state index contributed by atoms with van der Waals surface area (Å²) in [4.78, 5) is 16.3. The molecule has 0 spiro atoms. The predicted molar refractivity (Wildman–Crippen MR) is 97.2 cm³/mol. The molecule has 0 radical (unpaired) electrons. The molecule has 0 fully saturated rings. The third-order valence-electron chi connectivity index (χ3n) is 3.85. The molecule has 128 valence electrons. The minimum absolute atomic E-state index is 0.279. The van der Waals surface area contributed by atoms with Crippen LogP contribution in [0.25, 0.3) is 5.69 Å². The van der Waals surface area contributed by atoms with Gasteiger partial charge in [-0.25, -0.2) is 9.78 Å². The lowest BCUT2D eigenvalue weighted by atomic mass is 10.2. The SMILES string of the molecule is COc1ccccc1NC(=O)NCc1ccc(-n2ccnc2C)cc1. The Morgan fingerprint density at radius 1 is 1.16 bits per heavy atom. The summed E-state index contributed by atoms with van der Waals surface area (Å²) in [5.74, 6) is 1.56. The minimum Gasteiger partial charge on any atom is -0.495 e. The number of nitrogens with zero attached hydrogens (tertiary/aromatic N) is 2. The summed E-state index contributed by atoms with van der Waals surface area (Å²) in [6.45, 7) is 2.39. The van der Waals surface area contributed by atoms with Gasteiger partial charge in [0.05, 0.1) is 12.8 Å². The Morgan fingerprint density at radius 2 is 1.92 bits per heavy atom. The molecule has 0 aliphatic rings. The highest BCUT2D eigenvalue weighted by Gasteiger charge is 2.06. The second-order valence-electron chi connectivity index (χ2n) is 5.52. The van der Waals surface area contributed by atoms with E-state index in [1.165, 1.54) is 0 Å². The number of benzene rings is 2. The van der Waals surface area contributed by atoms with Crippen molar-refractivity contribution in [2.75, 3.05) is 12.4 Å². The second kappa shape index (κ2) is 7.53. The van der Waals surface area contributed by atoms with Crippen molar-refractivity contribution in [2.45, 2.75) is 13.5 Å². The number of para-hydroxylation sites is 2. The molecule has 3 aromatic rings. The summed E-state index contributed by atoms with van der Waals surface area (Å²) in [6, 6.07) is 15.0. The maximum atomic E-state index is 12.1. The van der Waals surface area contributed by atoms with E-state index in [0.717, 1.165) is 17.1 Å². The normalized spacial score (nSPS) is 10.3. The van der Waals surface area contributed by atoms with Gasteiger partial charge in [0.15, 0.2) is 0 Å². The van der Waals surface area contributed by atoms with E-state index in [-0.39, 0.29) is 6.03 Å². The van der Waals surface area contributed by atoms with Gasteiger partial charge in [-0.1, -0.05) is 24.3 Å². The highest BCUT2D eigenvalue weighted by Crippen LogP contribution is 2.22. The molecule has 0 saturated heterocycles. The number of carbonyl (C=O) groups excluding carboxylic acids is 1. The second-order valence-corrected chi connectivity index (χ2v) is 5.52. The van der Waals surface area contributed by atoms with Gasteiger partial charge in [0, 0.05) is 24.6 Å². The fourth-order valence-electron chi connectivity index (χ4n) is 2.52. The average Bonchev–Trinajstić information content (AvgIpc) is 3.07. The number of anilines is 1. The first kappa shape index (κ1) is 16.6. The van der Waals surface area contributed by atoms with Crippen molar-refractivity contribution in [1.82, 2.24) is 14.9 Å². The van der Waals surface area contributed by atoms with Gasteiger partial charge in [-0.3, -0.25) is 0 Å².